The average molecular weight is 926 g/mol. The van der Waals surface area contributed by atoms with Crippen LogP contribution in [0.4, 0.5) is 0 Å². The van der Waals surface area contributed by atoms with E-state index in [1.807, 2.05) is 0 Å². The van der Waals surface area contributed by atoms with Gasteiger partial charge in [0.1, 0.15) is 0 Å². The van der Waals surface area contributed by atoms with Crippen LogP contribution in [0, 0.1) is 187 Å². The lowest BCUT2D eigenvalue weighted by molar-refractivity contribution is 1.18. The monoisotopic (exact) mass is 925 g/mol. The van der Waals surface area contributed by atoms with Gasteiger partial charge in [-0.25, -0.2) is 0 Å². The fraction of sp³-hybridized carbons (Fsp3) is 0.391. The maximum Gasteiger partial charge on any atom is -0.0392 e. The van der Waals surface area contributed by atoms with Crippen LogP contribution in [0.3, 0.4) is 0 Å². The smallest absolute Gasteiger partial charge is 0.0392 e. The van der Waals surface area contributed by atoms with Crippen molar-refractivity contribution in [2.75, 3.05) is 0 Å². The maximum absolute atomic E-state index is 2.26. The molecule has 0 saturated carbocycles. The van der Waals surface area contributed by atoms with Gasteiger partial charge >= 0.3 is 0 Å². The summed E-state index contributed by atoms with van der Waals surface area (Å²) >= 11 is 0. The number of aryl methyl sites for hydroxylation is 15. The first-order chi connectivity index (χ1) is 32.0. The fourth-order valence-electron chi connectivity index (χ4n) is 7.95. The third-order valence-corrected chi connectivity index (χ3v) is 15.5. The number of benzene rings is 7. The van der Waals surface area contributed by atoms with E-state index in [4.69, 9.17) is 0 Å². The van der Waals surface area contributed by atoms with Gasteiger partial charge in [-0.1, -0.05) is 96.6 Å². The molecule has 0 N–H and O–H groups in total. The Morgan fingerprint density at radius 2 is 0.319 bits per heavy atom. The van der Waals surface area contributed by atoms with Crippen molar-refractivity contribution >= 4 is 0 Å². The molecule has 0 amide bonds. The van der Waals surface area contributed by atoms with Gasteiger partial charge in [-0.2, -0.15) is 0 Å². The summed E-state index contributed by atoms with van der Waals surface area (Å²) in [6.45, 7) is 58.6. The highest BCUT2D eigenvalue weighted by Gasteiger charge is 2.05. The second-order valence-corrected chi connectivity index (χ2v) is 20.3. The van der Waals surface area contributed by atoms with E-state index >= 15 is 0 Å². The highest BCUT2D eigenvalue weighted by Crippen LogP contribution is 2.22. The summed E-state index contributed by atoms with van der Waals surface area (Å²) in [5.74, 6) is 0. The first kappa shape index (κ1) is 61.6. The molecule has 7 aromatic carbocycles. The predicted molar refractivity (Wildman–Crippen MR) is 313 cm³/mol. The van der Waals surface area contributed by atoms with E-state index in [-0.39, 0.29) is 0 Å². The Morgan fingerprint density at radius 3 is 0.507 bits per heavy atom. The molecule has 0 aliphatic rings. The summed E-state index contributed by atoms with van der Waals surface area (Å²) in [6, 6.07) is 32.3. The van der Waals surface area contributed by atoms with Crippen LogP contribution in [-0.4, -0.2) is 0 Å². The number of hydrogen-bond acceptors (Lipinski definition) is 0. The van der Waals surface area contributed by atoms with Crippen LogP contribution in [0.25, 0.3) is 0 Å². The molecule has 0 nitrogen and oxygen atoms in total. The first-order valence-corrected chi connectivity index (χ1v) is 25.2. The van der Waals surface area contributed by atoms with Gasteiger partial charge in [-0.3, -0.25) is 0 Å². The van der Waals surface area contributed by atoms with E-state index in [0.29, 0.717) is 0 Å². The third-order valence-electron chi connectivity index (χ3n) is 15.5. The van der Waals surface area contributed by atoms with Crippen molar-refractivity contribution in [3.8, 4) is 0 Å². The van der Waals surface area contributed by atoms with Gasteiger partial charge in [-0.05, 0) is 332 Å². The molecule has 0 saturated heterocycles. The highest BCUT2D eigenvalue weighted by molar-refractivity contribution is 5.45. The third kappa shape index (κ3) is 19.1. The molecule has 372 valence electrons. The number of rotatable bonds is 0. The van der Waals surface area contributed by atoms with E-state index < -0.39 is 0 Å². The van der Waals surface area contributed by atoms with Gasteiger partial charge in [0.05, 0.1) is 0 Å². The standard InChI is InChI=1S/3C11H16.C10H14.2C9H12.C8H10/c3*1-7-6-8(2)10(4)11(5)9(7)3;1-7-5-8(2)10(4)9(3)6-7;2*1-7-5-4-6-8(2)9(7)3;1-7-5-3-4-6-8(7)2/h3*6H,1-5H3;5-6H,1-4H3;2*4-6H,1-3H3;3-6H,1-2H3. The van der Waals surface area contributed by atoms with Gasteiger partial charge in [-0.15, -0.1) is 0 Å². The van der Waals surface area contributed by atoms with Crippen molar-refractivity contribution in [1.82, 2.24) is 0 Å². The molecule has 0 aromatic heterocycles. The molecule has 7 aromatic rings. The SMILES string of the molecule is Cc1cc(C)c(C)c(C)c1.Cc1cc(C)c(C)c(C)c1C.Cc1cc(C)c(C)c(C)c1C.Cc1cc(C)c(C)c(C)c1C.Cc1cccc(C)c1C.Cc1cccc(C)c1C.Cc1ccccc1C. The van der Waals surface area contributed by atoms with Crippen molar-refractivity contribution < 1.29 is 0 Å². The molecule has 0 aliphatic carbocycles. The normalized spacial score (nSPS) is 9.96. The van der Waals surface area contributed by atoms with Gasteiger partial charge in [0.25, 0.3) is 0 Å². The van der Waals surface area contributed by atoms with Crippen molar-refractivity contribution in [3.63, 3.8) is 0 Å². The van der Waals surface area contributed by atoms with Crippen molar-refractivity contribution in [2.45, 2.75) is 187 Å². The minimum atomic E-state index is 1.36. The minimum Gasteiger partial charge on any atom is -0.0620 e. The molecule has 69 heavy (non-hydrogen) atoms. The zero-order chi connectivity index (χ0) is 53.2. The zero-order valence-corrected chi connectivity index (χ0v) is 49.2. The van der Waals surface area contributed by atoms with Gasteiger partial charge in [0.15, 0.2) is 0 Å². The Hall–Kier alpha value is -5.46. The second-order valence-electron chi connectivity index (χ2n) is 20.3. The summed E-state index contributed by atoms with van der Waals surface area (Å²) in [7, 11) is 0. The number of hydrogen-bond donors (Lipinski definition) is 0. The van der Waals surface area contributed by atoms with Crippen LogP contribution < -0.4 is 0 Å². The van der Waals surface area contributed by atoms with Crippen LogP contribution >= 0.6 is 0 Å². The topological polar surface area (TPSA) is 0 Å². The van der Waals surface area contributed by atoms with E-state index in [0.717, 1.165) is 0 Å². The Labute approximate surface area is 426 Å². The lowest BCUT2D eigenvalue weighted by Gasteiger charge is -2.10. The molecule has 0 unspecified atom stereocenters. The molecule has 0 spiro atoms. The lowest BCUT2D eigenvalue weighted by atomic mass is 9.96. The van der Waals surface area contributed by atoms with Crippen LogP contribution in [0.1, 0.15) is 150 Å². The molecule has 0 fully saturated rings. The quantitative estimate of drug-likeness (QED) is 0.142. The Balaban J connectivity index is 0.000000404. The molecule has 0 bridgehead atoms. The molecule has 0 aliphatic heterocycles. The predicted octanol–water partition coefficient (Wildman–Crippen LogP) is 20.1. The average Bonchev–Trinajstić information content (AvgIpc) is 3.30. The summed E-state index contributed by atoms with van der Waals surface area (Å²) in [6.07, 6.45) is 0. The summed E-state index contributed by atoms with van der Waals surface area (Å²) in [5.41, 5.74) is 38.1. The van der Waals surface area contributed by atoms with Crippen molar-refractivity contribution in [2.24, 2.45) is 0 Å². The molecular formula is C69H96. The Bertz CT molecular complexity index is 2400. The molecule has 7 rings (SSSR count). The van der Waals surface area contributed by atoms with E-state index in [1.54, 1.807) is 0 Å². The lowest BCUT2D eigenvalue weighted by Crippen LogP contribution is -1.93. The van der Waals surface area contributed by atoms with Gasteiger partial charge in [0, 0.05) is 0 Å². The summed E-state index contributed by atoms with van der Waals surface area (Å²) in [5, 5.41) is 0. The van der Waals surface area contributed by atoms with Gasteiger partial charge in [0.2, 0.25) is 0 Å². The molecular weight excluding hydrogens is 829 g/mol. The van der Waals surface area contributed by atoms with Crippen LogP contribution in [-0.2, 0) is 0 Å². The molecule has 0 atom stereocenters. The van der Waals surface area contributed by atoms with Crippen molar-refractivity contribution in [3.05, 3.63) is 241 Å². The summed E-state index contributed by atoms with van der Waals surface area (Å²) < 4.78 is 0. The highest BCUT2D eigenvalue weighted by atomic mass is 14.1. The first-order valence-electron chi connectivity index (χ1n) is 25.2. The summed E-state index contributed by atoms with van der Waals surface area (Å²) in [4.78, 5) is 0. The van der Waals surface area contributed by atoms with Crippen LogP contribution in [0.2, 0.25) is 0 Å². The minimum absolute atomic E-state index is 1.36. The fourth-order valence-corrected chi connectivity index (χ4v) is 7.95. The largest absolute Gasteiger partial charge is 0.0620 e. The molecule has 0 radical (unpaired) electrons. The van der Waals surface area contributed by atoms with Crippen molar-refractivity contribution in [1.29, 1.82) is 0 Å². The van der Waals surface area contributed by atoms with E-state index in [2.05, 4.69) is 278 Å². The van der Waals surface area contributed by atoms with Gasteiger partial charge < -0.3 is 0 Å². The zero-order valence-electron chi connectivity index (χ0n) is 49.2. The van der Waals surface area contributed by atoms with E-state index in [1.165, 1.54) is 150 Å². The second kappa shape index (κ2) is 28.9. The van der Waals surface area contributed by atoms with E-state index in [9.17, 15) is 0 Å². The Kier molecular flexibility index (Phi) is 25.8. The van der Waals surface area contributed by atoms with Crippen LogP contribution in [0.15, 0.2) is 91.0 Å². The molecule has 0 heterocycles. The van der Waals surface area contributed by atoms with Crippen LogP contribution in [0.5, 0.6) is 0 Å². The molecule has 0 heteroatoms. The maximum atomic E-state index is 2.26. The Morgan fingerprint density at radius 1 is 0.145 bits per heavy atom.